The molecular weight excluding hydrogens is 617 g/mol. The summed E-state index contributed by atoms with van der Waals surface area (Å²) < 4.78 is 13.1. The highest BCUT2D eigenvalue weighted by Crippen LogP contribution is 2.41. The van der Waals surface area contributed by atoms with Gasteiger partial charge in [0.15, 0.2) is 17.5 Å². The van der Waals surface area contributed by atoms with Crippen LogP contribution in [0.3, 0.4) is 0 Å². The summed E-state index contributed by atoms with van der Waals surface area (Å²) in [4.78, 5) is 19.3. The van der Waals surface area contributed by atoms with Gasteiger partial charge in [-0.3, -0.25) is 4.98 Å². The van der Waals surface area contributed by atoms with Crippen LogP contribution >= 0.6 is 0 Å². The predicted octanol–water partition coefficient (Wildman–Crippen LogP) is 11.4. The van der Waals surface area contributed by atoms with Crippen LogP contribution in [0.5, 0.6) is 0 Å². The topological polar surface area (TPSA) is 77.8 Å². The Morgan fingerprint density at radius 3 is 1.34 bits per heavy atom. The molecule has 0 bridgehead atoms. The Bertz CT molecular complexity index is 2690. The largest absolute Gasteiger partial charge is 0.455 e. The van der Waals surface area contributed by atoms with E-state index in [4.69, 9.17) is 23.8 Å². The molecule has 0 fully saturated rings. The lowest BCUT2D eigenvalue weighted by atomic mass is 9.94. The van der Waals surface area contributed by atoms with Gasteiger partial charge in [0, 0.05) is 61.8 Å². The van der Waals surface area contributed by atoms with E-state index in [-0.39, 0.29) is 0 Å². The molecule has 10 rings (SSSR count). The standard InChI is InChI=1S/C44H26N4O2/c1-2-10-27(11-3-1)42-46-43(28-20-22-45-23-21-28)48-44(47-42)31-25-29(32-14-8-16-36-34-12-4-6-18-38(34)49-40(32)36)24-30(26-31)33-15-9-17-37-35-13-5-7-19-39(35)50-41(33)37/h1-26H. The highest BCUT2D eigenvalue weighted by atomic mass is 16.3. The fourth-order valence-corrected chi connectivity index (χ4v) is 6.87. The molecule has 0 aliphatic rings. The van der Waals surface area contributed by atoms with Gasteiger partial charge in [-0.2, -0.15) is 0 Å². The minimum absolute atomic E-state index is 0.558. The zero-order valence-corrected chi connectivity index (χ0v) is 26.6. The summed E-state index contributed by atoms with van der Waals surface area (Å²) in [5.41, 5.74) is 9.87. The summed E-state index contributed by atoms with van der Waals surface area (Å²) in [6, 6.07) is 49.3. The maximum atomic E-state index is 6.53. The lowest BCUT2D eigenvalue weighted by molar-refractivity contribution is 0.670. The van der Waals surface area contributed by atoms with E-state index in [0.717, 1.165) is 82.8 Å². The SMILES string of the molecule is c1ccc(-c2nc(-c3ccncc3)nc(-c3cc(-c4cccc5c4oc4ccccc45)cc(-c4cccc5c4oc4ccccc45)c3)n2)cc1. The fourth-order valence-electron chi connectivity index (χ4n) is 6.87. The first-order valence-electron chi connectivity index (χ1n) is 16.5. The monoisotopic (exact) mass is 642 g/mol. The van der Waals surface area contributed by atoms with Crippen molar-refractivity contribution in [1.82, 2.24) is 19.9 Å². The Morgan fingerprint density at radius 1 is 0.340 bits per heavy atom. The number of pyridine rings is 1. The van der Waals surface area contributed by atoms with Gasteiger partial charge in [-0.25, -0.2) is 15.0 Å². The number of furan rings is 2. The molecule has 0 N–H and O–H groups in total. The van der Waals surface area contributed by atoms with Crippen molar-refractivity contribution in [3.8, 4) is 56.4 Å². The third-order valence-electron chi connectivity index (χ3n) is 9.23. The maximum absolute atomic E-state index is 6.53. The smallest absolute Gasteiger partial charge is 0.164 e. The van der Waals surface area contributed by atoms with Crippen LogP contribution in [0.4, 0.5) is 0 Å². The highest BCUT2D eigenvalue weighted by Gasteiger charge is 2.19. The summed E-state index contributed by atoms with van der Waals surface area (Å²) in [5.74, 6) is 1.72. The van der Waals surface area contributed by atoms with Crippen molar-refractivity contribution in [3.63, 3.8) is 0 Å². The van der Waals surface area contributed by atoms with Crippen LogP contribution in [0.2, 0.25) is 0 Å². The Kier molecular flexibility index (Phi) is 6.39. The van der Waals surface area contributed by atoms with Gasteiger partial charge in [0.25, 0.3) is 0 Å². The van der Waals surface area contributed by atoms with E-state index in [1.165, 1.54) is 0 Å². The number of nitrogens with zero attached hydrogens (tertiary/aromatic N) is 4. The van der Waals surface area contributed by atoms with Gasteiger partial charge in [0.2, 0.25) is 0 Å². The molecule has 0 aliphatic heterocycles. The lowest BCUT2D eigenvalue weighted by Gasteiger charge is -2.13. The molecule has 6 nitrogen and oxygen atoms in total. The molecule has 4 heterocycles. The molecule has 50 heavy (non-hydrogen) atoms. The van der Waals surface area contributed by atoms with E-state index in [1.54, 1.807) is 12.4 Å². The summed E-state index contributed by atoms with van der Waals surface area (Å²) >= 11 is 0. The molecule has 4 aromatic heterocycles. The van der Waals surface area contributed by atoms with Gasteiger partial charge in [0.05, 0.1) is 0 Å². The molecule has 0 radical (unpaired) electrons. The summed E-state index contributed by atoms with van der Waals surface area (Å²) in [7, 11) is 0. The van der Waals surface area contributed by atoms with Crippen LogP contribution in [0.15, 0.2) is 167 Å². The first-order valence-corrected chi connectivity index (χ1v) is 16.5. The van der Waals surface area contributed by atoms with Gasteiger partial charge in [-0.15, -0.1) is 0 Å². The van der Waals surface area contributed by atoms with Crippen LogP contribution in [0.1, 0.15) is 0 Å². The van der Waals surface area contributed by atoms with Gasteiger partial charge < -0.3 is 8.83 Å². The molecule has 0 amide bonds. The molecule has 234 valence electrons. The van der Waals surface area contributed by atoms with Crippen molar-refractivity contribution in [3.05, 3.63) is 158 Å². The maximum Gasteiger partial charge on any atom is 0.164 e. The van der Waals surface area contributed by atoms with Crippen molar-refractivity contribution in [2.24, 2.45) is 0 Å². The zero-order chi connectivity index (χ0) is 33.0. The fraction of sp³-hybridized carbons (Fsp3) is 0. The van der Waals surface area contributed by atoms with Crippen molar-refractivity contribution in [2.75, 3.05) is 0 Å². The minimum Gasteiger partial charge on any atom is -0.455 e. The van der Waals surface area contributed by atoms with E-state index in [0.29, 0.717) is 17.5 Å². The summed E-state index contributed by atoms with van der Waals surface area (Å²) in [6.07, 6.45) is 3.50. The second kappa shape index (κ2) is 11.4. The van der Waals surface area contributed by atoms with Gasteiger partial charge >= 0.3 is 0 Å². The molecule has 0 aliphatic carbocycles. The highest BCUT2D eigenvalue weighted by molar-refractivity contribution is 6.11. The molecule has 6 aromatic carbocycles. The molecular formula is C44H26N4O2. The third-order valence-corrected chi connectivity index (χ3v) is 9.23. The molecule has 10 aromatic rings. The van der Waals surface area contributed by atoms with Crippen LogP contribution in [0.25, 0.3) is 100 Å². The number of aromatic nitrogens is 4. The van der Waals surface area contributed by atoms with E-state index < -0.39 is 0 Å². The van der Waals surface area contributed by atoms with Crippen molar-refractivity contribution >= 4 is 43.9 Å². The number of para-hydroxylation sites is 4. The van der Waals surface area contributed by atoms with E-state index in [1.807, 2.05) is 78.9 Å². The zero-order valence-electron chi connectivity index (χ0n) is 26.6. The van der Waals surface area contributed by atoms with Crippen molar-refractivity contribution in [1.29, 1.82) is 0 Å². The van der Waals surface area contributed by atoms with E-state index in [2.05, 4.69) is 71.7 Å². The summed E-state index contributed by atoms with van der Waals surface area (Å²) in [5, 5.41) is 4.30. The Morgan fingerprint density at radius 2 is 0.780 bits per heavy atom. The van der Waals surface area contributed by atoms with Crippen molar-refractivity contribution < 1.29 is 8.83 Å². The van der Waals surface area contributed by atoms with Crippen molar-refractivity contribution in [2.45, 2.75) is 0 Å². The first kappa shape index (κ1) is 28.1. The van der Waals surface area contributed by atoms with Gasteiger partial charge in [-0.1, -0.05) is 103 Å². The van der Waals surface area contributed by atoms with Gasteiger partial charge in [-0.05, 0) is 53.6 Å². The number of benzene rings is 6. The van der Waals surface area contributed by atoms with E-state index in [9.17, 15) is 0 Å². The average Bonchev–Trinajstić information content (AvgIpc) is 3.77. The Labute approximate surface area is 286 Å². The second-order valence-corrected chi connectivity index (χ2v) is 12.3. The van der Waals surface area contributed by atoms with Gasteiger partial charge in [0.1, 0.15) is 22.3 Å². The second-order valence-electron chi connectivity index (χ2n) is 12.3. The minimum atomic E-state index is 0.558. The first-order chi connectivity index (χ1) is 24.8. The van der Waals surface area contributed by atoms with Crippen LogP contribution in [0, 0.1) is 0 Å². The normalized spacial score (nSPS) is 11.6. The van der Waals surface area contributed by atoms with Crippen LogP contribution < -0.4 is 0 Å². The Hall–Kier alpha value is -6.92. The van der Waals surface area contributed by atoms with Crippen LogP contribution in [-0.4, -0.2) is 19.9 Å². The molecule has 0 saturated carbocycles. The van der Waals surface area contributed by atoms with Crippen LogP contribution in [-0.2, 0) is 0 Å². The molecule has 6 heteroatoms. The molecule has 0 atom stereocenters. The Balaban J connectivity index is 1.26. The third kappa shape index (κ3) is 4.65. The number of hydrogen-bond donors (Lipinski definition) is 0. The molecule has 0 spiro atoms. The van der Waals surface area contributed by atoms with E-state index >= 15 is 0 Å². The predicted molar refractivity (Wildman–Crippen MR) is 199 cm³/mol. The molecule has 0 unspecified atom stereocenters. The molecule has 0 saturated heterocycles. The summed E-state index contributed by atoms with van der Waals surface area (Å²) in [6.45, 7) is 0. The number of rotatable bonds is 5. The number of hydrogen-bond acceptors (Lipinski definition) is 6. The quantitative estimate of drug-likeness (QED) is 0.186. The number of fused-ring (bicyclic) bond motifs is 6. The lowest BCUT2D eigenvalue weighted by Crippen LogP contribution is -2.00. The average molecular weight is 643 g/mol.